The van der Waals surface area contributed by atoms with Crippen LogP contribution in [0, 0.1) is 10.1 Å². The Morgan fingerprint density at radius 3 is 2.50 bits per heavy atom. The third-order valence-electron chi connectivity index (χ3n) is 1.78. The number of hydrogen-bond acceptors (Lipinski definition) is 2. The van der Waals surface area contributed by atoms with Crippen LogP contribution in [0.5, 0.6) is 0 Å². The highest BCUT2D eigenvalue weighted by Crippen LogP contribution is 2.23. The van der Waals surface area contributed by atoms with Crippen LogP contribution in [-0.4, -0.2) is 11.1 Å². The molecule has 0 saturated carbocycles. The average Bonchev–Trinajstić information content (AvgIpc) is 2.16. The number of halogens is 3. The molecule has 0 aliphatic rings. The number of para-hydroxylation sites is 1. The van der Waals surface area contributed by atoms with E-state index in [9.17, 15) is 23.3 Å². The van der Waals surface area contributed by atoms with Gasteiger partial charge in [0.15, 0.2) is 0 Å². The summed E-state index contributed by atoms with van der Waals surface area (Å²) in [5.41, 5.74) is -0.0438. The molecule has 0 aromatic heterocycles. The van der Waals surface area contributed by atoms with Gasteiger partial charge in [-0.25, -0.2) is 0 Å². The summed E-state index contributed by atoms with van der Waals surface area (Å²) < 4.78 is 35.5. The van der Waals surface area contributed by atoms with Gasteiger partial charge < -0.3 is 0 Å². The van der Waals surface area contributed by atoms with E-state index in [0.717, 1.165) is 12.2 Å². The van der Waals surface area contributed by atoms with E-state index in [2.05, 4.69) is 0 Å². The van der Waals surface area contributed by atoms with Crippen molar-refractivity contribution in [2.75, 3.05) is 0 Å². The molecule has 1 aromatic rings. The van der Waals surface area contributed by atoms with Crippen molar-refractivity contribution < 1.29 is 18.1 Å². The first-order valence-electron chi connectivity index (χ1n) is 4.37. The fourth-order valence-electron chi connectivity index (χ4n) is 1.11. The van der Waals surface area contributed by atoms with Crippen molar-refractivity contribution in [3.63, 3.8) is 0 Å². The van der Waals surface area contributed by atoms with Gasteiger partial charge in [0, 0.05) is 6.07 Å². The van der Waals surface area contributed by atoms with Crippen LogP contribution in [0.15, 0.2) is 30.3 Å². The van der Waals surface area contributed by atoms with Crippen LogP contribution in [0.2, 0.25) is 0 Å². The van der Waals surface area contributed by atoms with Crippen molar-refractivity contribution in [3.8, 4) is 0 Å². The number of rotatable bonds is 3. The van der Waals surface area contributed by atoms with Crippen LogP contribution in [-0.2, 0) is 0 Å². The van der Waals surface area contributed by atoms with Gasteiger partial charge in [-0.05, 0) is 6.07 Å². The van der Waals surface area contributed by atoms with Crippen LogP contribution < -0.4 is 0 Å². The van der Waals surface area contributed by atoms with Gasteiger partial charge in [0.05, 0.1) is 16.9 Å². The number of nitro groups is 1. The zero-order valence-corrected chi connectivity index (χ0v) is 8.07. The molecular formula is C10H8F3NO2. The van der Waals surface area contributed by atoms with Crippen molar-refractivity contribution in [3.05, 3.63) is 46.0 Å². The minimum Gasteiger partial charge on any atom is -0.258 e. The Labute approximate surface area is 89.4 Å². The molecule has 0 spiro atoms. The summed E-state index contributed by atoms with van der Waals surface area (Å²) in [7, 11) is 0. The monoisotopic (exact) mass is 231 g/mol. The molecule has 0 amide bonds. The first kappa shape index (κ1) is 12.2. The zero-order chi connectivity index (χ0) is 12.2. The molecule has 16 heavy (non-hydrogen) atoms. The first-order chi connectivity index (χ1) is 7.40. The minimum absolute atomic E-state index is 0.164. The van der Waals surface area contributed by atoms with E-state index in [1.54, 1.807) is 0 Å². The molecule has 1 aromatic carbocycles. The molecule has 1 rings (SSSR count). The second kappa shape index (κ2) is 4.78. The predicted molar refractivity (Wildman–Crippen MR) is 52.8 cm³/mol. The van der Waals surface area contributed by atoms with E-state index in [-0.39, 0.29) is 11.3 Å². The number of nitrogens with zero attached hydrogens (tertiary/aromatic N) is 1. The Bertz CT molecular complexity index is 413. The van der Waals surface area contributed by atoms with E-state index in [1.165, 1.54) is 24.3 Å². The van der Waals surface area contributed by atoms with Crippen LogP contribution in [0.3, 0.4) is 0 Å². The molecule has 0 N–H and O–H groups in total. The summed E-state index contributed by atoms with van der Waals surface area (Å²) in [5.74, 6) is 0. The molecule has 0 fully saturated rings. The number of nitro benzene ring substituents is 1. The Morgan fingerprint density at radius 1 is 1.31 bits per heavy atom. The molecule has 0 aliphatic heterocycles. The smallest absolute Gasteiger partial charge is 0.258 e. The number of alkyl halides is 3. The Morgan fingerprint density at radius 2 is 1.94 bits per heavy atom. The molecular weight excluding hydrogens is 223 g/mol. The van der Waals surface area contributed by atoms with Crippen molar-refractivity contribution in [1.29, 1.82) is 0 Å². The number of hydrogen-bond donors (Lipinski definition) is 0. The summed E-state index contributed by atoms with van der Waals surface area (Å²) in [4.78, 5) is 9.90. The highest BCUT2D eigenvalue weighted by Gasteiger charge is 2.24. The van der Waals surface area contributed by atoms with E-state index in [4.69, 9.17) is 0 Å². The first-order valence-corrected chi connectivity index (χ1v) is 4.37. The molecule has 0 bridgehead atoms. The number of benzene rings is 1. The Hall–Kier alpha value is -1.85. The Balaban J connectivity index is 2.85. The maximum atomic E-state index is 11.8. The van der Waals surface area contributed by atoms with Crippen molar-refractivity contribution in [1.82, 2.24) is 0 Å². The van der Waals surface area contributed by atoms with E-state index in [0.29, 0.717) is 0 Å². The predicted octanol–water partition coefficient (Wildman–Crippen LogP) is 3.56. The lowest BCUT2D eigenvalue weighted by atomic mass is 10.1. The maximum absolute atomic E-state index is 11.8. The van der Waals surface area contributed by atoms with E-state index < -0.39 is 17.5 Å². The molecule has 0 unspecified atom stereocenters. The van der Waals surface area contributed by atoms with Crippen LogP contribution in [0.1, 0.15) is 12.0 Å². The third kappa shape index (κ3) is 3.72. The highest BCUT2D eigenvalue weighted by molar-refractivity contribution is 5.60. The topological polar surface area (TPSA) is 43.1 Å². The summed E-state index contributed by atoms with van der Waals surface area (Å²) >= 11 is 0. The lowest BCUT2D eigenvalue weighted by molar-refractivity contribution is -0.385. The van der Waals surface area contributed by atoms with Gasteiger partial charge in [-0.15, -0.1) is 0 Å². The normalized spacial score (nSPS) is 11.9. The van der Waals surface area contributed by atoms with Gasteiger partial charge >= 0.3 is 6.18 Å². The quantitative estimate of drug-likeness (QED) is 0.589. The number of allylic oxidation sites excluding steroid dienone is 1. The molecule has 0 atom stereocenters. The third-order valence-corrected chi connectivity index (χ3v) is 1.78. The van der Waals surface area contributed by atoms with Crippen LogP contribution in [0.4, 0.5) is 18.9 Å². The fourth-order valence-corrected chi connectivity index (χ4v) is 1.11. The summed E-state index contributed by atoms with van der Waals surface area (Å²) in [6, 6.07) is 5.62. The van der Waals surface area contributed by atoms with E-state index in [1.807, 2.05) is 0 Å². The zero-order valence-electron chi connectivity index (χ0n) is 8.07. The van der Waals surface area contributed by atoms with Crippen LogP contribution in [0.25, 0.3) is 6.08 Å². The van der Waals surface area contributed by atoms with Gasteiger partial charge in [-0.3, -0.25) is 10.1 Å². The lowest BCUT2D eigenvalue weighted by Gasteiger charge is -2.00. The van der Waals surface area contributed by atoms with Gasteiger partial charge in [0.25, 0.3) is 5.69 Å². The fraction of sp³-hybridized carbons (Fsp3) is 0.200. The lowest BCUT2D eigenvalue weighted by Crippen LogP contribution is -2.04. The van der Waals surface area contributed by atoms with Gasteiger partial charge in [-0.1, -0.05) is 24.3 Å². The van der Waals surface area contributed by atoms with E-state index >= 15 is 0 Å². The molecule has 0 heterocycles. The van der Waals surface area contributed by atoms with Crippen molar-refractivity contribution in [2.24, 2.45) is 0 Å². The van der Waals surface area contributed by atoms with Gasteiger partial charge in [0.1, 0.15) is 0 Å². The maximum Gasteiger partial charge on any atom is 0.392 e. The van der Waals surface area contributed by atoms with Gasteiger partial charge in [-0.2, -0.15) is 13.2 Å². The molecule has 0 saturated heterocycles. The van der Waals surface area contributed by atoms with Crippen LogP contribution >= 0.6 is 0 Å². The average molecular weight is 231 g/mol. The molecule has 86 valence electrons. The molecule has 0 radical (unpaired) electrons. The highest BCUT2D eigenvalue weighted by atomic mass is 19.4. The summed E-state index contributed by atoms with van der Waals surface area (Å²) in [5, 5.41) is 10.5. The van der Waals surface area contributed by atoms with Crippen molar-refractivity contribution >= 4 is 11.8 Å². The summed E-state index contributed by atoms with van der Waals surface area (Å²) in [6.07, 6.45) is -3.42. The van der Waals surface area contributed by atoms with Crippen molar-refractivity contribution in [2.45, 2.75) is 12.6 Å². The standard InChI is InChI=1S/C10H8F3NO2/c11-10(12,13)7-3-5-8-4-1-2-6-9(8)14(15)16/h1-6H,7H2. The van der Waals surface area contributed by atoms with Gasteiger partial charge in [0.2, 0.25) is 0 Å². The second-order valence-corrected chi connectivity index (χ2v) is 3.04. The minimum atomic E-state index is -4.29. The Kier molecular flexibility index (Phi) is 3.65. The molecule has 0 aliphatic carbocycles. The largest absolute Gasteiger partial charge is 0.392 e. The summed E-state index contributed by atoms with van der Waals surface area (Å²) in [6.45, 7) is 0. The second-order valence-electron chi connectivity index (χ2n) is 3.04. The molecule has 3 nitrogen and oxygen atoms in total. The SMILES string of the molecule is O=[N+]([O-])c1ccccc1C=CCC(F)(F)F. The molecule has 6 heteroatoms.